The first-order chi connectivity index (χ1) is 25.4. The van der Waals surface area contributed by atoms with Gasteiger partial charge in [-0.25, -0.2) is 9.78 Å². The first-order valence-corrected chi connectivity index (χ1v) is 18.4. The molecule has 0 unspecified atom stereocenters. The number of ether oxygens (including phenoxy) is 1. The van der Waals surface area contributed by atoms with Gasteiger partial charge in [-0.05, 0) is 112 Å². The van der Waals surface area contributed by atoms with Gasteiger partial charge in [0.25, 0.3) is 0 Å². The van der Waals surface area contributed by atoms with E-state index in [0.717, 1.165) is 61.5 Å². The number of hydrogen-bond donors (Lipinski definition) is 3. The monoisotopic (exact) mass is 722 g/mol. The Balaban J connectivity index is 1.17. The zero-order valence-electron chi connectivity index (χ0n) is 31.0. The van der Waals surface area contributed by atoms with Crippen molar-refractivity contribution in [3.8, 4) is 22.5 Å². The highest BCUT2D eigenvalue weighted by atomic mass is 16.6. The summed E-state index contributed by atoms with van der Waals surface area (Å²) in [5.41, 5.74) is 9.67. The van der Waals surface area contributed by atoms with Crippen molar-refractivity contribution in [3.63, 3.8) is 0 Å². The van der Waals surface area contributed by atoms with E-state index in [1.807, 2.05) is 51.2 Å². The van der Waals surface area contributed by atoms with Crippen LogP contribution in [0.4, 0.5) is 16.3 Å². The van der Waals surface area contributed by atoms with Crippen LogP contribution in [0.1, 0.15) is 52.0 Å². The summed E-state index contributed by atoms with van der Waals surface area (Å²) in [6.07, 6.45) is 4.45. The minimum Gasteiger partial charge on any atom is -0.444 e. The summed E-state index contributed by atoms with van der Waals surface area (Å²) in [6, 6.07) is 18.4. The number of anilines is 2. The van der Waals surface area contributed by atoms with E-state index in [2.05, 4.69) is 54.9 Å². The molecule has 1 saturated heterocycles. The van der Waals surface area contributed by atoms with Crippen LogP contribution in [0.25, 0.3) is 22.5 Å². The molecule has 1 atom stereocenters. The number of likely N-dealkylation sites (N-methyl/N-ethyl adjacent to an activating group) is 1. The van der Waals surface area contributed by atoms with Crippen molar-refractivity contribution >= 4 is 29.4 Å². The van der Waals surface area contributed by atoms with E-state index in [1.165, 1.54) is 0 Å². The van der Waals surface area contributed by atoms with Crippen molar-refractivity contribution in [1.29, 1.82) is 0 Å². The lowest BCUT2D eigenvalue weighted by Crippen LogP contribution is -2.52. The number of piperazine rings is 1. The van der Waals surface area contributed by atoms with E-state index in [9.17, 15) is 14.4 Å². The number of H-pyrrole nitrogens is 1. The van der Waals surface area contributed by atoms with Crippen molar-refractivity contribution in [2.24, 2.45) is 17.6 Å². The van der Waals surface area contributed by atoms with Gasteiger partial charge in [-0.2, -0.15) is 5.21 Å². The number of carbonyl (C=O) groups excluding carboxylic acids is 3. The molecule has 2 fully saturated rings. The predicted molar refractivity (Wildman–Crippen MR) is 203 cm³/mol. The fourth-order valence-electron chi connectivity index (χ4n) is 7.02. The summed E-state index contributed by atoms with van der Waals surface area (Å²) >= 11 is 0. The SMILES string of the molecule is CN1CCN(c2ccc(-c3ccc(C[C@@H](C(N)=O)N(C(=O)C4CCC(CNC(=O)OC(C)(C)C)CC4)c4ccc(-c5nn[nH]n5)cc4)cc3)cn2)CC1. The number of carbonyl (C=O) groups is 3. The number of primary amides is 1. The molecule has 2 aromatic carbocycles. The fraction of sp³-hybridized carbons (Fsp3) is 0.462. The van der Waals surface area contributed by atoms with Crippen LogP contribution in [0.5, 0.6) is 0 Å². The maximum Gasteiger partial charge on any atom is 0.407 e. The summed E-state index contributed by atoms with van der Waals surface area (Å²) in [6.45, 7) is 9.90. The molecule has 280 valence electrons. The second-order valence-corrected chi connectivity index (χ2v) is 15.1. The topological polar surface area (TPSA) is 176 Å². The summed E-state index contributed by atoms with van der Waals surface area (Å²) in [5.74, 6) is 0.562. The normalized spacial score (nSPS) is 18.6. The van der Waals surface area contributed by atoms with Crippen LogP contribution in [-0.2, 0) is 20.7 Å². The number of benzene rings is 2. The molecule has 3 amide bonds. The van der Waals surface area contributed by atoms with Crippen LogP contribution in [-0.4, -0.2) is 99.8 Å². The average Bonchev–Trinajstić information content (AvgIpc) is 3.70. The van der Waals surface area contributed by atoms with Gasteiger partial charge in [-0.15, -0.1) is 10.2 Å². The quantitative estimate of drug-likeness (QED) is 0.201. The number of nitrogens with one attached hydrogen (secondary N) is 2. The third kappa shape index (κ3) is 9.74. The van der Waals surface area contributed by atoms with Gasteiger partial charge >= 0.3 is 6.09 Å². The van der Waals surface area contributed by atoms with Crippen molar-refractivity contribution in [1.82, 2.24) is 35.8 Å². The molecule has 14 heteroatoms. The lowest BCUT2D eigenvalue weighted by molar-refractivity contribution is -0.127. The van der Waals surface area contributed by atoms with Gasteiger partial charge in [0.15, 0.2) is 0 Å². The number of aromatic nitrogens is 5. The molecule has 1 aliphatic heterocycles. The van der Waals surface area contributed by atoms with Gasteiger partial charge in [0.05, 0.1) is 0 Å². The molecule has 6 rings (SSSR count). The number of rotatable bonds is 11. The predicted octanol–water partition coefficient (Wildman–Crippen LogP) is 4.44. The third-order valence-corrected chi connectivity index (χ3v) is 10.0. The Kier molecular flexibility index (Phi) is 11.7. The Morgan fingerprint density at radius 2 is 1.58 bits per heavy atom. The molecule has 0 spiro atoms. The molecular weight excluding hydrogens is 672 g/mol. The number of aromatic amines is 1. The van der Waals surface area contributed by atoms with E-state index >= 15 is 0 Å². The molecule has 3 heterocycles. The smallest absolute Gasteiger partial charge is 0.407 e. The van der Waals surface area contributed by atoms with Crippen molar-refractivity contribution < 1.29 is 19.1 Å². The number of alkyl carbamates (subject to hydrolysis) is 1. The van der Waals surface area contributed by atoms with Crippen LogP contribution in [0.3, 0.4) is 0 Å². The molecule has 2 aliphatic rings. The molecular formula is C39H50N10O4. The maximum atomic E-state index is 14.5. The number of tetrazole rings is 1. The first kappa shape index (κ1) is 37.4. The third-order valence-electron chi connectivity index (χ3n) is 10.0. The van der Waals surface area contributed by atoms with E-state index in [0.29, 0.717) is 36.5 Å². The first-order valence-electron chi connectivity index (χ1n) is 18.4. The van der Waals surface area contributed by atoms with E-state index < -0.39 is 23.6 Å². The number of hydrogen-bond acceptors (Lipinski definition) is 10. The highest BCUT2D eigenvalue weighted by Gasteiger charge is 2.36. The van der Waals surface area contributed by atoms with Crippen LogP contribution < -0.4 is 20.9 Å². The standard InChI is InChI=1S/C39H50N10O4/c1-39(2,3)53-38(52)42-24-27-7-11-30(12-8-27)37(51)49(32-16-13-29(14-17-32)36-43-45-46-44-36)33(35(40)50)23-26-5-9-28(10-6-26)31-15-18-34(41-25-31)48-21-19-47(4)20-22-48/h5-6,9-10,13-18,25,27,30,33H,7-8,11-12,19-24H2,1-4H3,(H2,40,50)(H,42,52)(H,43,44,45,46)/t27?,30?,33-/m0/s1. The summed E-state index contributed by atoms with van der Waals surface area (Å²) in [4.78, 5) is 50.9. The zero-order chi connectivity index (χ0) is 37.5. The second kappa shape index (κ2) is 16.5. The number of nitrogens with zero attached hydrogens (tertiary/aromatic N) is 7. The molecule has 0 bridgehead atoms. The van der Waals surface area contributed by atoms with Crippen LogP contribution in [0.2, 0.25) is 0 Å². The molecule has 4 N–H and O–H groups in total. The van der Waals surface area contributed by atoms with E-state index in [4.69, 9.17) is 15.5 Å². The molecule has 14 nitrogen and oxygen atoms in total. The van der Waals surface area contributed by atoms with E-state index in [1.54, 1.807) is 29.2 Å². The lowest BCUT2D eigenvalue weighted by atomic mass is 9.81. The second-order valence-electron chi connectivity index (χ2n) is 15.1. The summed E-state index contributed by atoms with van der Waals surface area (Å²) < 4.78 is 5.38. The van der Waals surface area contributed by atoms with Gasteiger partial charge in [-0.1, -0.05) is 24.3 Å². The number of pyridine rings is 1. The molecule has 2 aromatic heterocycles. The molecule has 0 radical (unpaired) electrons. The maximum absolute atomic E-state index is 14.5. The van der Waals surface area contributed by atoms with E-state index in [-0.39, 0.29) is 24.2 Å². The zero-order valence-corrected chi connectivity index (χ0v) is 31.0. The number of nitrogens with two attached hydrogens (primary N) is 1. The Labute approximate surface area is 310 Å². The summed E-state index contributed by atoms with van der Waals surface area (Å²) in [5, 5.41) is 17.1. The lowest BCUT2D eigenvalue weighted by Gasteiger charge is -2.36. The van der Waals surface area contributed by atoms with Gasteiger partial charge in [0, 0.05) is 68.1 Å². The molecule has 1 aliphatic carbocycles. The fourth-order valence-corrected chi connectivity index (χ4v) is 7.02. The molecule has 53 heavy (non-hydrogen) atoms. The van der Waals surface area contributed by atoms with Crippen molar-refractivity contribution in [2.75, 3.05) is 49.6 Å². The van der Waals surface area contributed by atoms with Gasteiger partial charge in [0.2, 0.25) is 17.6 Å². The van der Waals surface area contributed by atoms with Gasteiger partial charge in [-0.3, -0.25) is 14.5 Å². The Bertz CT molecular complexity index is 1810. The van der Waals surface area contributed by atoms with Gasteiger partial charge in [0.1, 0.15) is 17.5 Å². The highest BCUT2D eigenvalue weighted by molar-refractivity contribution is 6.01. The van der Waals surface area contributed by atoms with Crippen LogP contribution in [0.15, 0.2) is 66.9 Å². The van der Waals surface area contributed by atoms with Crippen molar-refractivity contribution in [2.45, 2.75) is 64.5 Å². The largest absolute Gasteiger partial charge is 0.444 e. The minimum absolute atomic E-state index is 0.150. The Morgan fingerprint density at radius 1 is 0.925 bits per heavy atom. The number of amides is 3. The Morgan fingerprint density at radius 3 is 2.17 bits per heavy atom. The molecule has 1 saturated carbocycles. The average molecular weight is 723 g/mol. The highest BCUT2D eigenvalue weighted by Crippen LogP contribution is 2.33. The minimum atomic E-state index is -0.930. The van der Waals surface area contributed by atoms with Crippen LogP contribution in [0, 0.1) is 11.8 Å². The van der Waals surface area contributed by atoms with Crippen LogP contribution >= 0.6 is 0 Å². The Hall–Kier alpha value is -5.37. The van der Waals surface area contributed by atoms with Crippen molar-refractivity contribution in [3.05, 3.63) is 72.4 Å². The summed E-state index contributed by atoms with van der Waals surface area (Å²) in [7, 11) is 2.14. The molecule has 4 aromatic rings. The van der Waals surface area contributed by atoms with Gasteiger partial charge < -0.3 is 25.6 Å².